The van der Waals surface area contributed by atoms with Gasteiger partial charge in [-0.15, -0.1) is 0 Å². The summed E-state index contributed by atoms with van der Waals surface area (Å²) in [5.41, 5.74) is 1.57. The van der Waals surface area contributed by atoms with Crippen LogP contribution in [0.25, 0.3) is 44.6 Å². The van der Waals surface area contributed by atoms with E-state index < -0.39 is 84.0 Å². The molecule has 4 heterocycles. The summed E-state index contributed by atoms with van der Waals surface area (Å²) < 4.78 is 191. The molecule has 2 aliphatic rings. The van der Waals surface area contributed by atoms with E-state index in [4.69, 9.17) is 0 Å². The molecule has 0 amide bonds. The normalized spacial score (nSPS) is 15.3. The number of aromatic hydroxyl groups is 1. The number of benzene rings is 2. The predicted molar refractivity (Wildman–Crippen MR) is 246 cm³/mol. The molecule has 0 saturated heterocycles. The van der Waals surface area contributed by atoms with E-state index >= 15 is 0 Å². The van der Waals surface area contributed by atoms with Crippen LogP contribution in [0.1, 0.15) is 75.6 Å². The smallest absolute Gasteiger partial charge is 0.404 e. The molecule has 8 rings (SSSR count). The number of alkyl halides is 8. The lowest BCUT2D eigenvalue weighted by molar-refractivity contribution is -0.147. The molecule has 382 valence electrons. The molecule has 2 saturated carbocycles. The molecule has 4 aromatic heterocycles. The third kappa shape index (κ3) is 11.3. The Kier molecular flexibility index (Phi) is 16.7. The molecule has 71 heavy (non-hydrogen) atoms. The van der Waals surface area contributed by atoms with Gasteiger partial charge in [-0.2, -0.15) is 82.1 Å². The van der Waals surface area contributed by atoms with E-state index in [-0.39, 0.29) is 83.6 Å². The van der Waals surface area contributed by atoms with Crippen LogP contribution in [-0.4, -0.2) is 72.1 Å². The van der Waals surface area contributed by atoms with Crippen molar-refractivity contribution >= 4 is 68.8 Å². The van der Waals surface area contributed by atoms with Crippen LogP contribution in [0.5, 0.6) is 11.5 Å². The third-order valence-corrected chi connectivity index (χ3v) is 14.7. The Morgan fingerprint density at radius 3 is 1.41 bits per heavy atom. The molecule has 3 N–H and O–H groups in total. The van der Waals surface area contributed by atoms with Crippen LogP contribution in [0.3, 0.4) is 0 Å². The lowest BCUT2D eigenvalue weighted by Crippen LogP contribution is -2.42. The molecule has 2 aromatic carbocycles. The maximum Gasteiger partial charge on any atom is 0.404 e. The molecular weight excluding hydrogens is 1040 g/mol. The van der Waals surface area contributed by atoms with Crippen LogP contribution in [0, 0.1) is 34.3 Å². The Morgan fingerprint density at radius 2 is 1.08 bits per heavy atom. The lowest BCUT2D eigenvalue weighted by Gasteiger charge is -2.30. The summed E-state index contributed by atoms with van der Waals surface area (Å²) >= 11 is 0. The van der Waals surface area contributed by atoms with Crippen LogP contribution in [0.4, 0.5) is 43.9 Å². The van der Waals surface area contributed by atoms with Crippen molar-refractivity contribution in [3.05, 3.63) is 83.7 Å². The Morgan fingerprint density at radius 1 is 0.690 bits per heavy atom. The molecule has 2 fully saturated rings. The maximum absolute atomic E-state index is 14.5. The first kappa shape index (κ1) is 56.1. The number of nitrogens with zero attached hydrogens (tertiary/aromatic N) is 6. The molecule has 2 aliphatic carbocycles. The molecular formula is C43H40F10N8O6S4. The number of phenolic OH excluding ortho intramolecular Hbond substituents is 1. The maximum atomic E-state index is 14.5. The van der Waals surface area contributed by atoms with Crippen molar-refractivity contribution in [1.29, 1.82) is 10.5 Å². The summed E-state index contributed by atoms with van der Waals surface area (Å²) in [7, 11) is -9.07. The van der Waals surface area contributed by atoms with E-state index in [1.54, 1.807) is 13.9 Å². The minimum Gasteiger partial charge on any atom is -0.505 e. The van der Waals surface area contributed by atoms with Gasteiger partial charge >= 0.3 is 19.0 Å². The molecule has 0 spiro atoms. The topological polar surface area (TPSA) is 205 Å². The van der Waals surface area contributed by atoms with Crippen LogP contribution < -0.4 is 14.2 Å². The second-order valence-electron chi connectivity index (χ2n) is 16.1. The summed E-state index contributed by atoms with van der Waals surface area (Å²) in [5, 5.41) is 29.9. The molecule has 6 aromatic rings. The first-order valence-corrected chi connectivity index (χ1v) is 23.5. The van der Waals surface area contributed by atoms with Gasteiger partial charge in [0.2, 0.25) is 20.0 Å². The predicted octanol–water partition coefficient (Wildman–Crippen LogP) is 9.87. The number of aromatic nitrogens is 4. The second kappa shape index (κ2) is 21.1. The summed E-state index contributed by atoms with van der Waals surface area (Å²) in [5.74, 6) is -3.27. The fraction of sp³-hybridized carbons (Fsp3) is 0.349. The summed E-state index contributed by atoms with van der Waals surface area (Å²) in [6.07, 6.45) is -3.10. The van der Waals surface area contributed by atoms with Crippen LogP contribution in [0.2, 0.25) is 0 Å². The number of rotatable bonds is 12. The molecule has 14 nitrogen and oxygen atoms in total. The zero-order chi connectivity index (χ0) is 50.5. The first-order valence-electron chi connectivity index (χ1n) is 20.6. The van der Waals surface area contributed by atoms with Crippen LogP contribution >= 0.6 is 27.0 Å². The number of pyridine rings is 2. The second-order valence-corrected chi connectivity index (χ2v) is 19.5. The number of phenols is 1. The monoisotopic (exact) mass is 1080 g/mol. The summed E-state index contributed by atoms with van der Waals surface area (Å²) in [6, 6.07) is 8.04. The van der Waals surface area contributed by atoms with Gasteiger partial charge in [-0.3, -0.25) is 9.97 Å². The first-order chi connectivity index (χ1) is 32.3. The van der Waals surface area contributed by atoms with Crippen molar-refractivity contribution in [2.45, 2.75) is 105 Å². The SMILES string of the molecule is C[C@H](NS(=O)(=O)c1ccc(-c2c(C#N)c3cc(F)c(O)cc3n2C2CCC2)nc1)C(F)(F)F.C[C@H](NS(=O)(=O)c1ccc(-c2c(C#N)c3cc(F)c(OC(F)F)cc3n2C2CCC2)nc1)C(F)(F)F.S.S. The molecule has 0 radical (unpaired) electrons. The molecule has 28 heteroatoms. The van der Waals surface area contributed by atoms with Crippen molar-refractivity contribution in [2.24, 2.45) is 0 Å². The van der Waals surface area contributed by atoms with E-state index in [1.807, 2.05) is 12.1 Å². The number of ether oxygens (including phenoxy) is 1. The van der Waals surface area contributed by atoms with Gasteiger partial charge in [-0.1, -0.05) is 0 Å². The van der Waals surface area contributed by atoms with Crippen molar-refractivity contribution in [3.63, 3.8) is 0 Å². The lowest BCUT2D eigenvalue weighted by atomic mass is 9.92. The van der Waals surface area contributed by atoms with Crippen LogP contribution in [-0.2, 0) is 20.0 Å². The average Bonchev–Trinajstić information content (AvgIpc) is 3.69. The van der Waals surface area contributed by atoms with Gasteiger partial charge in [0.15, 0.2) is 23.1 Å². The van der Waals surface area contributed by atoms with E-state index in [1.165, 1.54) is 22.9 Å². The number of halogens is 10. The number of sulfonamides is 2. The van der Waals surface area contributed by atoms with Crippen molar-refractivity contribution in [1.82, 2.24) is 28.5 Å². The van der Waals surface area contributed by atoms with Gasteiger partial charge in [0, 0.05) is 47.4 Å². The number of hydrogen-bond donors (Lipinski definition) is 3. The Bertz CT molecular complexity index is 3260. The van der Waals surface area contributed by atoms with Crippen LogP contribution in [0.15, 0.2) is 70.7 Å². The van der Waals surface area contributed by atoms with Gasteiger partial charge in [0.1, 0.15) is 34.0 Å². The van der Waals surface area contributed by atoms with Gasteiger partial charge in [-0.25, -0.2) is 25.6 Å². The average molecular weight is 1080 g/mol. The van der Waals surface area contributed by atoms with Gasteiger partial charge in [0.25, 0.3) is 0 Å². The third-order valence-electron chi connectivity index (χ3n) is 11.7. The van der Waals surface area contributed by atoms with Crippen molar-refractivity contribution in [3.8, 4) is 46.4 Å². The molecule has 0 bridgehead atoms. The minimum atomic E-state index is -4.80. The fourth-order valence-corrected chi connectivity index (χ4v) is 10.0. The molecule has 0 unspecified atom stereocenters. The quantitative estimate of drug-likeness (QED) is 0.0990. The number of nitriles is 2. The van der Waals surface area contributed by atoms with E-state index in [9.17, 15) is 76.4 Å². The van der Waals surface area contributed by atoms with E-state index in [0.717, 1.165) is 68.4 Å². The zero-order valence-corrected chi connectivity index (χ0v) is 40.3. The standard InChI is InChI=1S/C22H18F6N4O3S.C21H18F4N4O3S.2H2S/c1-11(22(26,27)28)31-36(33,34)13-5-6-17(30-10-13)20-15(9-29)14-7-16(23)19(35-21(24)25)8-18(14)32(20)12-3-2-4-12;1-11(21(23,24)25)28-33(31,32)13-5-6-17(27-10-13)20-15(9-26)14-7-16(22)19(30)8-18(14)29(20)12-3-2-4-12;;/h5-8,10-12,21,31H,2-4H2,1H3;5-8,10-12,28,30H,2-4H2,1H3;2*1H2/t2*11-;;/m00../s1. The minimum absolute atomic E-state index is 0. The van der Waals surface area contributed by atoms with Gasteiger partial charge in [-0.05, 0) is 88.8 Å². The highest BCUT2D eigenvalue weighted by atomic mass is 32.2. The Hall–Kier alpha value is -5.78. The highest BCUT2D eigenvalue weighted by Crippen LogP contribution is 2.45. The number of fused-ring (bicyclic) bond motifs is 2. The Balaban J connectivity index is 0.000000258. The zero-order valence-electron chi connectivity index (χ0n) is 36.7. The number of hydrogen-bond acceptors (Lipinski definition) is 10. The Labute approximate surface area is 412 Å². The summed E-state index contributed by atoms with van der Waals surface area (Å²) in [4.78, 5) is 7.16. The van der Waals surface area contributed by atoms with Gasteiger partial charge in [0.05, 0.1) is 44.9 Å². The largest absolute Gasteiger partial charge is 0.505 e. The molecule has 2 atom stereocenters. The highest BCUT2D eigenvalue weighted by molar-refractivity contribution is 7.89. The van der Waals surface area contributed by atoms with Crippen molar-refractivity contribution < 1.29 is 70.6 Å². The van der Waals surface area contributed by atoms with Gasteiger partial charge < -0.3 is 19.0 Å². The fourth-order valence-electron chi connectivity index (χ4n) is 7.69. The molecule has 0 aliphatic heterocycles. The van der Waals surface area contributed by atoms with E-state index in [0.29, 0.717) is 37.9 Å². The van der Waals surface area contributed by atoms with E-state index in [2.05, 4.69) is 14.7 Å². The highest BCUT2D eigenvalue weighted by Gasteiger charge is 2.40. The number of nitrogens with one attached hydrogen (secondary N) is 2. The van der Waals surface area contributed by atoms with Crippen molar-refractivity contribution in [2.75, 3.05) is 0 Å². The summed E-state index contributed by atoms with van der Waals surface area (Å²) in [6.45, 7) is -1.94.